The minimum atomic E-state index is -0.798. The van der Waals surface area contributed by atoms with Crippen molar-refractivity contribution in [2.75, 3.05) is 7.11 Å². The third kappa shape index (κ3) is 3.02. The first-order valence-corrected chi connectivity index (χ1v) is 4.92. The van der Waals surface area contributed by atoms with Gasteiger partial charge in [-0.2, -0.15) is 0 Å². The number of rotatable bonds is 4. The van der Waals surface area contributed by atoms with Crippen molar-refractivity contribution in [2.45, 2.75) is 13.3 Å². The molecule has 4 nitrogen and oxygen atoms in total. The van der Waals surface area contributed by atoms with Crippen LogP contribution < -0.4 is 4.74 Å². The minimum absolute atomic E-state index is 0.193. The minimum Gasteiger partial charge on any atom is -0.499 e. The maximum absolute atomic E-state index is 11.1. The lowest BCUT2D eigenvalue weighted by atomic mass is 10.3. The Morgan fingerprint density at radius 1 is 1.31 bits per heavy atom. The number of benzene rings is 1. The fourth-order valence-electron chi connectivity index (χ4n) is 1.13. The first kappa shape index (κ1) is 12.1. The van der Waals surface area contributed by atoms with Crippen LogP contribution >= 0.6 is 0 Å². The molecule has 0 unspecified atom stereocenters. The Morgan fingerprint density at radius 2 is 1.94 bits per heavy atom. The molecule has 0 heterocycles. The number of methoxy groups -OCH3 is 1. The van der Waals surface area contributed by atoms with Crippen LogP contribution in [-0.2, 0) is 9.53 Å². The second kappa shape index (κ2) is 5.80. The third-order valence-electron chi connectivity index (χ3n) is 1.95. The summed E-state index contributed by atoms with van der Waals surface area (Å²) in [5, 5.41) is 9.52. The van der Waals surface area contributed by atoms with Crippen molar-refractivity contribution in [1.29, 1.82) is 0 Å². The van der Waals surface area contributed by atoms with Crippen LogP contribution in [0.1, 0.15) is 13.3 Å². The molecule has 16 heavy (non-hydrogen) atoms. The fourth-order valence-corrected chi connectivity index (χ4v) is 1.13. The first-order chi connectivity index (χ1) is 7.69. The maximum Gasteiger partial charge on any atom is 0.376 e. The molecule has 4 heteroatoms. The Hall–Kier alpha value is -1.97. The van der Waals surface area contributed by atoms with Gasteiger partial charge in [0.25, 0.3) is 0 Å². The second-order valence-corrected chi connectivity index (χ2v) is 3.03. The zero-order valence-electron chi connectivity index (χ0n) is 9.27. The second-order valence-electron chi connectivity index (χ2n) is 3.03. The number of para-hydroxylation sites is 1. The predicted molar refractivity (Wildman–Crippen MR) is 59.0 cm³/mol. The van der Waals surface area contributed by atoms with Crippen molar-refractivity contribution in [3.63, 3.8) is 0 Å². The smallest absolute Gasteiger partial charge is 0.376 e. The molecule has 0 atom stereocenters. The summed E-state index contributed by atoms with van der Waals surface area (Å²) in [5.41, 5.74) is 0. The van der Waals surface area contributed by atoms with Crippen molar-refractivity contribution in [2.24, 2.45) is 0 Å². The van der Waals surface area contributed by atoms with Gasteiger partial charge in [0.1, 0.15) is 5.75 Å². The monoisotopic (exact) mass is 222 g/mol. The van der Waals surface area contributed by atoms with Gasteiger partial charge in [-0.15, -0.1) is 0 Å². The molecule has 1 aromatic rings. The summed E-state index contributed by atoms with van der Waals surface area (Å²) in [6.45, 7) is 1.78. The van der Waals surface area contributed by atoms with Gasteiger partial charge in [0, 0.05) is 6.42 Å². The van der Waals surface area contributed by atoms with Crippen molar-refractivity contribution in [3.8, 4) is 5.75 Å². The molecule has 1 rings (SSSR count). The van der Waals surface area contributed by atoms with Crippen molar-refractivity contribution < 1.29 is 19.4 Å². The van der Waals surface area contributed by atoms with E-state index in [1.807, 2.05) is 6.07 Å². The molecular weight excluding hydrogens is 208 g/mol. The average molecular weight is 222 g/mol. The molecule has 0 amide bonds. The van der Waals surface area contributed by atoms with Crippen LogP contribution in [0.5, 0.6) is 5.75 Å². The van der Waals surface area contributed by atoms with E-state index >= 15 is 0 Å². The molecule has 0 radical (unpaired) electrons. The van der Waals surface area contributed by atoms with Gasteiger partial charge in [-0.1, -0.05) is 25.1 Å². The predicted octanol–water partition coefficient (Wildman–Crippen LogP) is 2.42. The summed E-state index contributed by atoms with van der Waals surface area (Å²) in [7, 11) is 1.20. The highest BCUT2D eigenvalue weighted by atomic mass is 16.5. The molecule has 0 spiro atoms. The van der Waals surface area contributed by atoms with Gasteiger partial charge in [0.15, 0.2) is 5.76 Å². The highest BCUT2D eigenvalue weighted by Crippen LogP contribution is 2.17. The molecular formula is C12H14O4. The molecule has 0 fully saturated rings. The molecule has 0 saturated heterocycles. The lowest BCUT2D eigenvalue weighted by Crippen LogP contribution is -2.10. The van der Waals surface area contributed by atoms with Crippen molar-refractivity contribution in [1.82, 2.24) is 0 Å². The van der Waals surface area contributed by atoms with E-state index in [-0.39, 0.29) is 5.76 Å². The molecule has 0 aliphatic carbocycles. The Balaban J connectivity index is 2.88. The molecule has 0 aliphatic heterocycles. The van der Waals surface area contributed by atoms with Crippen LogP contribution in [0.25, 0.3) is 0 Å². The van der Waals surface area contributed by atoms with Gasteiger partial charge < -0.3 is 14.6 Å². The van der Waals surface area contributed by atoms with E-state index in [1.165, 1.54) is 7.11 Å². The highest BCUT2D eigenvalue weighted by Gasteiger charge is 2.15. The number of carbonyl (C=O) groups excluding carboxylic acids is 1. The molecule has 1 aromatic carbocycles. The summed E-state index contributed by atoms with van der Waals surface area (Å²) < 4.78 is 9.78. The van der Waals surface area contributed by atoms with E-state index in [1.54, 1.807) is 31.2 Å². The largest absolute Gasteiger partial charge is 0.499 e. The van der Waals surface area contributed by atoms with Crippen LogP contribution in [0.3, 0.4) is 0 Å². The van der Waals surface area contributed by atoms with Gasteiger partial charge in [-0.3, -0.25) is 0 Å². The van der Waals surface area contributed by atoms with Crippen LogP contribution in [0, 0.1) is 0 Å². The standard InChI is InChI=1S/C12H14O4/c1-3-10(11(13)12(14)15-2)16-9-7-5-4-6-8-9/h4-8,13H,3H2,1-2H3. The van der Waals surface area contributed by atoms with Crippen LogP contribution in [-0.4, -0.2) is 18.2 Å². The van der Waals surface area contributed by atoms with Gasteiger partial charge in [-0.25, -0.2) is 4.79 Å². The summed E-state index contributed by atoms with van der Waals surface area (Å²) in [4.78, 5) is 11.1. The Kier molecular flexibility index (Phi) is 4.39. The molecule has 86 valence electrons. The van der Waals surface area contributed by atoms with Gasteiger partial charge in [0.2, 0.25) is 5.76 Å². The van der Waals surface area contributed by atoms with E-state index < -0.39 is 11.7 Å². The van der Waals surface area contributed by atoms with Crippen LogP contribution in [0.2, 0.25) is 0 Å². The fraction of sp³-hybridized carbons (Fsp3) is 0.250. The average Bonchev–Trinajstić information content (AvgIpc) is 2.35. The number of carbonyl (C=O) groups is 1. The molecule has 1 N–H and O–H groups in total. The third-order valence-corrected chi connectivity index (χ3v) is 1.95. The van der Waals surface area contributed by atoms with Gasteiger partial charge in [0.05, 0.1) is 7.11 Å². The lowest BCUT2D eigenvalue weighted by molar-refractivity contribution is -0.139. The van der Waals surface area contributed by atoms with E-state index in [4.69, 9.17) is 4.74 Å². The molecule has 0 bridgehead atoms. The highest BCUT2D eigenvalue weighted by molar-refractivity contribution is 5.86. The molecule has 0 aromatic heterocycles. The Labute approximate surface area is 94.1 Å². The quantitative estimate of drug-likeness (QED) is 0.483. The first-order valence-electron chi connectivity index (χ1n) is 4.92. The van der Waals surface area contributed by atoms with Crippen molar-refractivity contribution >= 4 is 5.97 Å². The van der Waals surface area contributed by atoms with Crippen LogP contribution in [0.4, 0.5) is 0 Å². The lowest BCUT2D eigenvalue weighted by Gasteiger charge is -2.09. The normalized spacial score (nSPS) is 11.6. The van der Waals surface area contributed by atoms with E-state index in [2.05, 4.69) is 4.74 Å². The van der Waals surface area contributed by atoms with E-state index in [0.29, 0.717) is 12.2 Å². The van der Waals surface area contributed by atoms with Crippen molar-refractivity contribution in [3.05, 3.63) is 41.9 Å². The summed E-state index contributed by atoms with van der Waals surface area (Å²) in [5.74, 6) is -0.533. The Bertz CT molecular complexity index is 381. The number of allylic oxidation sites excluding steroid dienone is 1. The maximum atomic E-state index is 11.1. The summed E-state index contributed by atoms with van der Waals surface area (Å²) in [6, 6.07) is 8.93. The molecule has 0 saturated carbocycles. The number of aliphatic hydroxyl groups is 1. The molecule has 0 aliphatic rings. The zero-order valence-corrected chi connectivity index (χ0v) is 9.27. The topological polar surface area (TPSA) is 55.8 Å². The van der Waals surface area contributed by atoms with Gasteiger partial charge in [-0.05, 0) is 12.1 Å². The zero-order chi connectivity index (χ0) is 12.0. The SMILES string of the molecule is CCC(Oc1ccccc1)=C(O)C(=O)OC. The summed E-state index contributed by atoms with van der Waals surface area (Å²) in [6.07, 6.45) is 0.399. The van der Waals surface area contributed by atoms with E-state index in [9.17, 15) is 9.90 Å². The number of aliphatic hydroxyl groups excluding tert-OH is 1. The number of hydrogen-bond acceptors (Lipinski definition) is 4. The number of ether oxygens (including phenoxy) is 2. The number of esters is 1. The van der Waals surface area contributed by atoms with Crippen LogP contribution in [0.15, 0.2) is 41.9 Å². The number of hydrogen-bond donors (Lipinski definition) is 1. The Morgan fingerprint density at radius 3 is 2.44 bits per heavy atom. The van der Waals surface area contributed by atoms with E-state index in [0.717, 1.165) is 0 Å². The van der Waals surface area contributed by atoms with Gasteiger partial charge >= 0.3 is 5.97 Å². The summed E-state index contributed by atoms with van der Waals surface area (Å²) >= 11 is 0.